The molecule has 50 valence electrons. The van der Waals surface area contributed by atoms with Crippen LogP contribution in [0.5, 0.6) is 0 Å². The zero-order chi connectivity index (χ0) is 6.85. The largest absolute Gasteiger partial charge is 0.394 e. The van der Waals surface area contributed by atoms with E-state index in [0.717, 1.165) is 11.8 Å². The van der Waals surface area contributed by atoms with Gasteiger partial charge in [0.15, 0.2) is 0 Å². The van der Waals surface area contributed by atoms with E-state index in [0.29, 0.717) is 4.32 Å². The predicted octanol–water partition coefficient (Wildman–Crippen LogP) is -0.505. The molecule has 0 aromatic carbocycles. The number of aliphatic hydroxyl groups excluding tert-OH is 1. The van der Waals surface area contributed by atoms with Crippen LogP contribution in [-0.2, 0) is 4.79 Å². The highest BCUT2D eigenvalue weighted by Gasteiger charge is 2.27. The molecule has 0 aliphatic carbocycles. The lowest BCUT2D eigenvalue weighted by molar-refractivity contribution is -0.112. The second-order valence-corrected chi connectivity index (χ2v) is 3.27. The number of aliphatic hydroxyl groups is 1. The van der Waals surface area contributed by atoms with Crippen LogP contribution in [0.4, 0.5) is 0 Å². The maximum atomic E-state index is 10.7. The molecule has 2 N–H and O–H groups in total. The van der Waals surface area contributed by atoms with E-state index in [9.17, 15) is 4.79 Å². The van der Waals surface area contributed by atoms with Crippen molar-refractivity contribution in [2.75, 3.05) is 6.61 Å². The van der Waals surface area contributed by atoms with Crippen LogP contribution in [0.1, 0.15) is 0 Å². The van der Waals surface area contributed by atoms with E-state index in [1.54, 1.807) is 0 Å². The van der Waals surface area contributed by atoms with Gasteiger partial charge < -0.3 is 10.4 Å². The summed E-state index contributed by atoms with van der Waals surface area (Å²) in [6.45, 7) is -0.175. The minimum Gasteiger partial charge on any atom is -0.394 e. The first-order chi connectivity index (χ1) is 4.24. The maximum absolute atomic E-state index is 10.7. The number of carbonyl (C=O) groups is 1. The van der Waals surface area contributed by atoms with Crippen molar-refractivity contribution < 1.29 is 9.90 Å². The van der Waals surface area contributed by atoms with Gasteiger partial charge in [-0.25, -0.2) is 0 Å². The fourth-order valence-corrected chi connectivity index (χ4v) is 1.56. The Hall–Kier alpha value is -0.130. The first-order valence-corrected chi connectivity index (χ1v) is 3.59. The lowest BCUT2D eigenvalue weighted by Gasteiger charge is -2.00. The molecule has 1 fully saturated rings. The number of hydrogen-bond donors (Lipinski definition) is 2. The lowest BCUT2D eigenvalue weighted by atomic mass is 10.4. The van der Waals surface area contributed by atoms with E-state index in [4.69, 9.17) is 5.11 Å². The molecular weight excluding hydrogens is 158 g/mol. The van der Waals surface area contributed by atoms with Gasteiger partial charge in [0.1, 0.15) is 10.4 Å². The number of rotatable bonds is 1. The molecule has 1 rings (SSSR count). The standard InChI is InChI=1S/C4H5NO2S2/c6-1-2-3(7)9-4(8)5-2/h2,6H,1H2,(H,5,8). The smallest absolute Gasteiger partial charge is 0.220 e. The van der Waals surface area contributed by atoms with Crippen LogP contribution < -0.4 is 5.32 Å². The van der Waals surface area contributed by atoms with Gasteiger partial charge in [0.2, 0.25) is 5.12 Å². The zero-order valence-corrected chi connectivity index (χ0v) is 6.09. The van der Waals surface area contributed by atoms with Gasteiger partial charge in [0, 0.05) is 0 Å². The molecule has 1 aliphatic rings. The molecule has 1 saturated heterocycles. The number of nitrogens with one attached hydrogen (secondary N) is 1. The van der Waals surface area contributed by atoms with E-state index >= 15 is 0 Å². The first kappa shape index (κ1) is 6.98. The highest BCUT2D eigenvalue weighted by molar-refractivity contribution is 8.33. The molecular formula is C4H5NO2S2. The Labute approximate surface area is 61.8 Å². The van der Waals surface area contributed by atoms with E-state index in [2.05, 4.69) is 17.5 Å². The quantitative estimate of drug-likeness (QED) is 0.510. The van der Waals surface area contributed by atoms with Gasteiger partial charge in [-0.05, 0) is 11.8 Å². The number of thiocarbonyl (C=S) groups is 1. The van der Waals surface area contributed by atoms with Gasteiger partial charge in [-0.3, -0.25) is 4.79 Å². The van der Waals surface area contributed by atoms with Crippen molar-refractivity contribution in [3.63, 3.8) is 0 Å². The Morgan fingerprint density at radius 2 is 2.56 bits per heavy atom. The predicted molar refractivity (Wildman–Crippen MR) is 39.2 cm³/mol. The number of thioether (sulfide) groups is 1. The molecule has 0 aromatic heterocycles. The summed E-state index contributed by atoms with van der Waals surface area (Å²) in [5, 5.41) is 11.1. The summed E-state index contributed by atoms with van der Waals surface area (Å²) in [7, 11) is 0. The molecule has 1 unspecified atom stereocenters. The fraction of sp³-hybridized carbons (Fsp3) is 0.500. The van der Waals surface area contributed by atoms with Gasteiger partial charge in [-0.1, -0.05) is 12.2 Å². The third-order valence-corrected chi connectivity index (χ3v) is 2.11. The SMILES string of the molecule is O=C1SC(=S)NC1CO. The van der Waals surface area contributed by atoms with E-state index in [1.807, 2.05) is 0 Å². The molecule has 0 bridgehead atoms. The summed E-state index contributed by atoms with van der Waals surface area (Å²) >= 11 is 5.63. The van der Waals surface area contributed by atoms with Crippen LogP contribution in [0, 0.1) is 0 Å². The minimum absolute atomic E-state index is 0.0949. The van der Waals surface area contributed by atoms with E-state index in [1.165, 1.54) is 0 Å². The summed E-state index contributed by atoms with van der Waals surface area (Å²) in [4.78, 5) is 10.7. The van der Waals surface area contributed by atoms with Crippen molar-refractivity contribution in [1.29, 1.82) is 0 Å². The van der Waals surface area contributed by atoms with Gasteiger partial charge >= 0.3 is 0 Å². The Morgan fingerprint density at radius 1 is 1.89 bits per heavy atom. The van der Waals surface area contributed by atoms with Crippen LogP contribution in [0.3, 0.4) is 0 Å². The second kappa shape index (κ2) is 2.64. The zero-order valence-electron chi connectivity index (χ0n) is 4.46. The molecule has 5 heteroatoms. The second-order valence-electron chi connectivity index (χ2n) is 1.59. The molecule has 0 radical (unpaired) electrons. The maximum Gasteiger partial charge on any atom is 0.220 e. The third kappa shape index (κ3) is 1.41. The fourth-order valence-electron chi connectivity index (χ4n) is 0.513. The van der Waals surface area contributed by atoms with Gasteiger partial charge in [-0.15, -0.1) is 0 Å². The van der Waals surface area contributed by atoms with Crippen molar-refractivity contribution >= 4 is 33.4 Å². The summed E-state index contributed by atoms with van der Waals surface area (Å²) in [5.74, 6) is 0. The topological polar surface area (TPSA) is 49.3 Å². The van der Waals surface area contributed by atoms with E-state index in [-0.39, 0.29) is 11.7 Å². The van der Waals surface area contributed by atoms with Crippen molar-refractivity contribution in [1.82, 2.24) is 5.32 Å². The molecule has 9 heavy (non-hydrogen) atoms. The number of hydrogen-bond acceptors (Lipinski definition) is 4. The summed E-state index contributed by atoms with van der Waals surface area (Å²) in [6.07, 6.45) is 0. The molecule has 0 aromatic rings. The first-order valence-electron chi connectivity index (χ1n) is 2.37. The van der Waals surface area contributed by atoms with E-state index < -0.39 is 6.04 Å². The van der Waals surface area contributed by atoms with Crippen LogP contribution in [0.25, 0.3) is 0 Å². The van der Waals surface area contributed by atoms with Crippen LogP contribution in [-0.4, -0.2) is 27.2 Å². The van der Waals surface area contributed by atoms with Crippen molar-refractivity contribution in [2.24, 2.45) is 0 Å². The Kier molecular flexibility index (Phi) is 2.05. The average molecular weight is 163 g/mol. The summed E-state index contributed by atoms with van der Waals surface area (Å²) < 4.78 is 0.457. The lowest BCUT2D eigenvalue weighted by Crippen LogP contribution is -2.31. The molecule has 0 saturated carbocycles. The minimum atomic E-state index is -0.470. The summed E-state index contributed by atoms with van der Waals surface area (Å²) in [6, 6.07) is -0.470. The van der Waals surface area contributed by atoms with Crippen molar-refractivity contribution in [2.45, 2.75) is 6.04 Å². The van der Waals surface area contributed by atoms with Crippen LogP contribution >= 0.6 is 24.0 Å². The third-order valence-electron chi connectivity index (χ3n) is 0.952. The Balaban J connectivity index is 2.58. The Morgan fingerprint density at radius 3 is 2.78 bits per heavy atom. The van der Waals surface area contributed by atoms with Gasteiger partial charge in [-0.2, -0.15) is 0 Å². The average Bonchev–Trinajstić information content (AvgIpc) is 2.10. The van der Waals surface area contributed by atoms with Gasteiger partial charge in [0.25, 0.3) is 0 Å². The molecule has 1 heterocycles. The highest BCUT2D eigenvalue weighted by Crippen LogP contribution is 2.14. The molecule has 0 spiro atoms. The highest BCUT2D eigenvalue weighted by atomic mass is 32.2. The van der Waals surface area contributed by atoms with Crippen molar-refractivity contribution in [3.8, 4) is 0 Å². The molecule has 3 nitrogen and oxygen atoms in total. The monoisotopic (exact) mass is 163 g/mol. The summed E-state index contributed by atoms with van der Waals surface area (Å²) in [5.41, 5.74) is 0. The van der Waals surface area contributed by atoms with Crippen LogP contribution in [0.15, 0.2) is 0 Å². The number of carbonyl (C=O) groups excluding carboxylic acids is 1. The van der Waals surface area contributed by atoms with Crippen molar-refractivity contribution in [3.05, 3.63) is 0 Å². The molecule has 1 aliphatic heterocycles. The van der Waals surface area contributed by atoms with Crippen LogP contribution in [0.2, 0.25) is 0 Å². The Bertz CT molecular complexity index is 159. The normalized spacial score (nSPS) is 26.6. The molecule has 0 amide bonds. The van der Waals surface area contributed by atoms with Gasteiger partial charge in [0.05, 0.1) is 6.61 Å². The molecule has 1 atom stereocenters.